The zero-order valence-corrected chi connectivity index (χ0v) is 18.0. The van der Waals surface area contributed by atoms with E-state index in [9.17, 15) is 14.0 Å². The van der Waals surface area contributed by atoms with Gasteiger partial charge in [-0.3, -0.25) is 4.79 Å². The normalized spacial score (nSPS) is 16.3. The minimum absolute atomic E-state index is 0. The molecular formula is C22H35FN2O5. The van der Waals surface area contributed by atoms with Gasteiger partial charge < -0.3 is 24.4 Å². The summed E-state index contributed by atoms with van der Waals surface area (Å²) in [6.45, 7) is 17.0. The number of alkyl carbamates (subject to hydrolysis) is 1. The molecule has 0 aliphatic carbocycles. The van der Waals surface area contributed by atoms with Crippen molar-refractivity contribution in [1.82, 2.24) is 10.2 Å². The molecule has 2 amide bonds. The van der Waals surface area contributed by atoms with E-state index in [1.54, 1.807) is 4.90 Å². The zero-order chi connectivity index (χ0) is 22.5. The Morgan fingerprint density at radius 2 is 2.00 bits per heavy atom. The summed E-state index contributed by atoms with van der Waals surface area (Å²) in [6.07, 6.45) is 2.77. The van der Waals surface area contributed by atoms with Gasteiger partial charge in [-0.1, -0.05) is 33.6 Å². The van der Waals surface area contributed by atoms with E-state index in [0.717, 1.165) is 6.42 Å². The van der Waals surface area contributed by atoms with Crippen LogP contribution in [-0.2, 0) is 19.0 Å². The Balaban J connectivity index is 0.00000900. The number of halogens is 1. The molecule has 1 fully saturated rings. The van der Waals surface area contributed by atoms with E-state index < -0.39 is 11.9 Å². The summed E-state index contributed by atoms with van der Waals surface area (Å²) < 4.78 is 29.2. The molecule has 170 valence electrons. The first-order valence-corrected chi connectivity index (χ1v) is 10.0. The van der Waals surface area contributed by atoms with Crippen molar-refractivity contribution in [3.63, 3.8) is 0 Å². The monoisotopic (exact) mass is 426 g/mol. The van der Waals surface area contributed by atoms with E-state index in [0.29, 0.717) is 24.4 Å². The highest BCUT2D eigenvalue weighted by Gasteiger charge is 2.25. The first-order valence-electron chi connectivity index (χ1n) is 10.0. The summed E-state index contributed by atoms with van der Waals surface area (Å²) in [5, 5.41) is 2.60. The van der Waals surface area contributed by atoms with Crippen LogP contribution in [0.4, 0.5) is 9.18 Å². The van der Waals surface area contributed by atoms with Crippen molar-refractivity contribution in [1.29, 1.82) is 0 Å². The summed E-state index contributed by atoms with van der Waals surface area (Å²) >= 11 is 0. The van der Waals surface area contributed by atoms with Gasteiger partial charge in [-0.15, -0.1) is 0 Å². The molecule has 1 unspecified atom stereocenters. The van der Waals surface area contributed by atoms with Gasteiger partial charge in [0.05, 0.1) is 19.8 Å². The van der Waals surface area contributed by atoms with Gasteiger partial charge in [0.15, 0.2) is 0 Å². The Hall–Kier alpha value is -2.61. The number of amides is 2. The molecule has 1 aliphatic rings. The standard InChI is InChI=1S/C22H33FN2O5.H2/c1-6-21(26)25-9-7-19(14-25)15-30-22(27)24-8-10-28-11-12-29-20(13-17(4)23)18(5)16(2)3;/h6,13,16,19H,1,4-5,7-12,14-15H2,2-3H3,(H,24,27);1H/b20-13+;. The van der Waals surface area contributed by atoms with Crippen LogP contribution in [0.25, 0.3) is 0 Å². The van der Waals surface area contributed by atoms with Gasteiger partial charge in [0.2, 0.25) is 5.91 Å². The van der Waals surface area contributed by atoms with E-state index in [1.807, 2.05) is 13.8 Å². The van der Waals surface area contributed by atoms with Crippen LogP contribution in [0, 0.1) is 11.8 Å². The van der Waals surface area contributed by atoms with Crippen LogP contribution in [-0.4, -0.2) is 63.0 Å². The van der Waals surface area contributed by atoms with Gasteiger partial charge in [-0.2, -0.15) is 0 Å². The molecule has 0 aromatic heterocycles. The van der Waals surface area contributed by atoms with Gasteiger partial charge in [-0.25, -0.2) is 9.18 Å². The van der Waals surface area contributed by atoms with Crippen LogP contribution >= 0.6 is 0 Å². The molecule has 1 rings (SSSR count). The minimum atomic E-state index is -0.604. The summed E-state index contributed by atoms with van der Waals surface area (Å²) in [6, 6.07) is 0. The van der Waals surface area contributed by atoms with Crippen molar-refractivity contribution >= 4 is 12.0 Å². The molecule has 1 heterocycles. The van der Waals surface area contributed by atoms with Crippen LogP contribution in [0.3, 0.4) is 0 Å². The highest BCUT2D eigenvalue weighted by atomic mass is 19.1. The zero-order valence-electron chi connectivity index (χ0n) is 18.0. The molecule has 0 aromatic rings. The maximum Gasteiger partial charge on any atom is 0.407 e. The third-order valence-corrected chi connectivity index (χ3v) is 4.52. The van der Waals surface area contributed by atoms with Gasteiger partial charge in [0.25, 0.3) is 0 Å². The fourth-order valence-corrected chi connectivity index (χ4v) is 2.73. The Kier molecular flexibility index (Phi) is 11.5. The molecule has 0 spiro atoms. The number of allylic oxidation sites excluding steroid dienone is 3. The molecular weight excluding hydrogens is 391 g/mol. The number of carbonyl (C=O) groups excluding carboxylic acids is 2. The molecule has 7 nitrogen and oxygen atoms in total. The molecule has 1 saturated heterocycles. The van der Waals surface area contributed by atoms with E-state index in [4.69, 9.17) is 14.2 Å². The van der Waals surface area contributed by atoms with Gasteiger partial charge in [0.1, 0.15) is 18.2 Å². The Morgan fingerprint density at radius 3 is 2.63 bits per heavy atom. The van der Waals surface area contributed by atoms with Crippen molar-refractivity contribution in [2.75, 3.05) is 46.1 Å². The lowest BCUT2D eigenvalue weighted by atomic mass is 10.0. The Labute approximate surface area is 179 Å². The lowest BCUT2D eigenvalue weighted by Gasteiger charge is -2.16. The number of carbonyl (C=O) groups is 2. The smallest absolute Gasteiger partial charge is 0.407 e. The second-order valence-electron chi connectivity index (χ2n) is 7.26. The lowest BCUT2D eigenvalue weighted by Crippen LogP contribution is -2.31. The van der Waals surface area contributed by atoms with Crippen molar-refractivity contribution < 1.29 is 29.6 Å². The average molecular weight is 427 g/mol. The second kappa shape index (κ2) is 13.6. The Bertz CT molecular complexity index is 666. The first kappa shape index (κ1) is 25.4. The molecule has 0 bridgehead atoms. The topological polar surface area (TPSA) is 77.1 Å². The van der Waals surface area contributed by atoms with Crippen molar-refractivity contribution in [3.05, 3.63) is 49.0 Å². The minimum Gasteiger partial charge on any atom is -0.491 e. The fraction of sp³-hybridized carbons (Fsp3) is 0.545. The number of hydrogen-bond acceptors (Lipinski definition) is 5. The predicted molar refractivity (Wildman–Crippen MR) is 115 cm³/mol. The number of rotatable bonds is 13. The summed E-state index contributed by atoms with van der Waals surface area (Å²) in [5.41, 5.74) is 0.678. The van der Waals surface area contributed by atoms with Crippen LogP contribution in [0.5, 0.6) is 0 Å². The van der Waals surface area contributed by atoms with E-state index in [-0.39, 0.29) is 52.1 Å². The highest BCUT2D eigenvalue weighted by molar-refractivity contribution is 5.87. The van der Waals surface area contributed by atoms with E-state index >= 15 is 0 Å². The maximum absolute atomic E-state index is 13.1. The molecule has 8 heteroatoms. The number of nitrogens with zero attached hydrogens (tertiary/aromatic N) is 1. The fourth-order valence-electron chi connectivity index (χ4n) is 2.73. The van der Waals surface area contributed by atoms with Crippen molar-refractivity contribution in [3.8, 4) is 0 Å². The molecule has 1 aliphatic heterocycles. The number of likely N-dealkylation sites (tertiary alicyclic amines) is 1. The van der Waals surface area contributed by atoms with E-state index in [2.05, 4.69) is 25.1 Å². The van der Waals surface area contributed by atoms with E-state index in [1.165, 1.54) is 12.2 Å². The summed E-state index contributed by atoms with van der Waals surface area (Å²) in [7, 11) is 0. The molecule has 1 atom stereocenters. The SMILES string of the molecule is C=CC(=O)N1CCC(COC(=O)NCCOCCO/C(=C/C(=C)F)C(=C)C(C)C)C1.[HH]. The third-order valence-electron chi connectivity index (χ3n) is 4.52. The molecule has 1 N–H and O–H groups in total. The molecule has 0 aromatic carbocycles. The van der Waals surface area contributed by atoms with Gasteiger partial charge in [0, 0.05) is 33.1 Å². The van der Waals surface area contributed by atoms with Crippen LogP contribution < -0.4 is 5.32 Å². The molecule has 30 heavy (non-hydrogen) atoms. The maximum atomic E-state index is 13.1. The van der Waals surface area contributed by atoms with Crippen molar-refractivity contribution in [2.45, 2.75) is 20.3 Å². The first-order chi connectivity index (χ1) is 14.2. The number of nitrogens with one attached hydrogen (secondary N) is 1. The lowest BCUT2D eigenvalue weighted by molar-refractivity contribution is -0.125. The van der Waals surface area contributed by atoms with Gasteiger partial charge in [-0.05, 0) is 24.0 Å². The second-order valence-corrected chi connectivity index (χ2v) is 7.26. The van der Waals surface area contributed by atoms with Crippen molar-refractivity contribution in [2.24, 2.45) is 11.8 Å². The molecule has 0 radical (unpaired) electrons. The number of ether oxygens (including phenoxy) is 3. The molecule has 0 saturated carbocycles. The quantitative estimate of drug-likeness (QED) is 0.211. The van der Waals surface area contributed by atoms with Crippen LogP contribution in [0.1, 0.15) is 21.7 Å². The summed E-state index contributed by atoms with van der Waals surface area (Å²) in [5.74, 6) is -0.109. The van der Waals surface area contributed by atoms with Crippen LogP contribution in [0.2, 0.25) is 0 Å². The predicted octanol–water partition coefficient (Wildman–Crippen LogP) is 3.61. The largest absolute Gasteiger partial charge is 0.491 e. The Morgan fingerprint density at radius 1 is 1.27 bits per heavy atom. The van der Waals surface area contributed by atoms with Gasteiger partial charge >= 0.3 is 6.09 Å². The summed E-state index contributed by atoms with van der Waals surface area (Å²) in [4.78, 5) is 24.9. The van der Waals surface area contributed by atoms with Crippen LogP contribution in [0.15, 0.2) is 49.0 Å². The third kappa shape index (κ3) is 9.73. The highest BCUT2D eigenvalue weighted by Crippen LogP contribution is 2.20. The average Bonchev–Trinajstić information content (AvgIpc) is 3.18. The number of hydrogen-bond donors (Lipinski definition) is 1.